The Morgan fingerprint density at radius 3 is 2.59 bits per heavy atom. The van der Waals surface area contributed by atoms with Crippen LogP contribution in [0.15, 0.2) is 0 Å². The average Bonchev–Trinajstić information content (AvgIpc) is 3.01. The van der Waals surface area contributed by atoms with Crippen molar-refractivity contribution in [1.29, 1.82) is 5.26 Å². The van der Waals surface area contributed by atoms with Crippen molar-refractivity contribution < 1.29 is 19.1 Å². The monoisotopic (exact) mass is 307 g/mol. The van der Waals surface area contributed by atoms with E-state index in [2.05, 4.69) is 6.07 Å². The average molecular weight is 307 g/mol. The van der Waals surface area contributed by atoms with Crippen LogP contribution in [0.4, 0.5) is 4.79 Å². The van der Waals surface area contributed by atoms with Gasteiger partial charge in [0.1, 0.15) is 17.7 Å². The van der Waals surface area contributed by atoms with Gasteiger partial charge in [-0.15, -0.1) is 0 Å². The Morgan fingerprint density at radius 2 is 2.00 bits per heavy atom. The molecule has 2 aliphatic rings. The second-order valence-electron chi connectivity index (χ2n) is 6.69. The van der Waals surface area contributed by atoms with Crippen LogP contribution in [0, 0.1) is 11.3 Å². The zero-order valence-electron chi connectivity index (χ0n) is 13.2. The van der Waals surface area contributed by atoms with Crippen LogP contribution >= 0.6 is 0 Å². The second kappa shape index (κ2) is 5.95. The lowest BCUT2D eigenvalue weighted by Gasteiger charge is -2.30. The molecule has 2 saturated heterocycles. The predicted molar refractivity (Wildman–Crippen MR) is 76.7 cm³/mol. The SMILES string of the molecule is CC(C)(C)OC(=O)N1CC(=O)CC1C(=O)N1CCC[C@H]1C#N. The van der Waals surface area contributed by atoms with Gasteiger partial charge >= 0.3 is 6.09 Å². The third-order valence-corrected chi connectivity index (χ3v) is 3.74. The third kappa shape index (κ3) is 3.38. The van der Waals surface area contributed by atoms with Gasteiger partial charge < -0.3 is 9.64 Å². The molecular weight excluding hydrogens is 286 g/mol. The summed E-state index contributed by atoms with van der Waals surface area (Å²) in [7, 11) is 0. The molecule has 120 valence electrons. The Labute approximate surface area is 129 Å². The van der Waals surface area contributed by atoms with Crippen LogP contribution in [-0.4, -0.2) is 58.4 Å². The topological polar surface area (TPSA) is 90.7 Å². The Hall–Kier alpha value is -2.10. The lowest BCUT2D eigenvalue weighted by molar-refractivity contribution is -0.136. The summed E-state index contributed by atoms with van der Waals surface area (Å²) in [6, 6.07) is 0.778. The van der Waals surface area contributed by atoms with Gasteiger partial charge in [0, 0.05) is 13.0 Å². The van der Waals surface area contributed by atoms with Gasteiger partial charge in [-0.3, -0.25) is 14.5 Å². The van der Waals surface area contributed by atoms with Crippen LogP contribution < -0.4 is 0 Å². The summed E-state index contributed by atoms with van der Waals surface area (Å²) in [5.74, 6) is -0.502. The number of amides is 2. The molecule has 2 heterocycles. The van der Waals surface area contributed by atoms with E-state index in [0.717, 1.165) is 6.42 Å². The van der Waals surface area contributed by atoms with Gasteiger partial charge in [-0.25, -0.2) is 4.79 Å². The lowest BCUT2D eigenvalue weighted by atomic mass is 10.1. The van der Waals surface area contributed by atoms with E-state index < -0.39 is 23.8 Å². The zero-order chi connectivity index (χ0) is 16.5. The summed E-state index contributed by atoms with van der Waals surface area (Å²) in [6.07, 6.45) is 0.725. The fourth-order valence-corrected chi connectivity index (χ4v) is 2.78. The fraction of sp³-hybridized carbons (Fsp3) is 0.733. The summed E-state index contributed by atoms with van der Waals surface area (Å²) in [6.45, 7) is 5.56. The highest BCUT2D eigenvalue weighted by Crippen LogP contribution is 2.24. The van der Waals surface area contributed by atoms with E-state index in [9.17, 15) is 14.4 Å². The van der Waals surface area contributed by atoms with Crippen LogP contribution in [0.1, 0.15) is 40.0 Å². The van der Waals surface area contributed by atoms with Gasteiger partial charge in [-0.2, -0.15) is 5.26 Å². The minimum Gasteiger partial charge on any atom is -0.444 e. The predicted octanol–water partition coefficient (Wildman–Crippen LogP) is 1.08. The summed E-state index contributed by atoms with van der Waals surface area (Å²) >= 11 is 0. The van der Waals surface area contributed by atoms with Crippen molar-refractivity contribution in [2.75, 3.05) is 13.1 Å². The van der Waals surface area contributed by atoms with Gasteiger partial charge in [0.05, 0.1) is 12.6 Å². The van der Waals surface area contributed by atoms with Crippen LogP contribution in [-0.2, 0) is 14.3 Å². The molecule has 0 radical (unpaired) electrons. The van der Waals surface area contributed by atoms with E-state index >= 15 is 0 Å². The number of nitrogens with zero attached hydrogens (tertiary/aromatic N) is 3. The molecule has 2 fully saturated rings. The van der Waals surface area contributed by atoms with Crippen molar-refractivity contribution >= 4 is 17.8 Å². The number of rotatable bonds is 1. The molecule has 2 atom stereocenters. The highest BCUT2D eigenvalue weighted by Gasteiger charge is 2.44. The summed E-state index contributed by atoms with van der Waals surface area (Å²) in [4.78, 5) is 39.2. The van der Waals surface area contributed by atoms with E-state index in [1.165, 1.54) is 9.80 Å². The van der Waals surface area contributed by atoms with E-state index in [4.69, 9.17) is 10.00 Å². The molecule has 0 aromatic rings. The van der Waals surface area contributed by atoms with Crippen LogP contribution in [0.5, 0.6) is 0 Å². The zero-order valence-corrected chi connectivity index (χ0v) is 13.2. The largest absolute Gasteiger partial charge is 0.444 e. The number of carbonyl (C=O) groups is 3. The van der Waals surface area contributed by atoms with Crippen molar-refractivity contribution in [3.63, 3.8) is 0 Å². The van der Waals surface area contributed by atoms with Gasteiger partial charge in [0.15, 0.2) is 5.78 Å². The Balaban J connectivity index is 2.14. The van der Waals surface area contributed by atoms with Crippen LogP contribution in [0.25, 0.3) is 0 Å². The quantitative estimate of drug-likeness (QED) is 0.723. The number of ketones is 1. The maximum absolute atomic E-state index is 12.6. The standard InChI is InChI=1S/C15H21N3O4/c1-15(2,3)22-14(21)18-9-11(19)7-12(18)13(20)17-6-4-5-10(17)8-16/h10,12H,4-7,9H2,1-3H3/t10-,12?/m0/s1. The van der Waals surface area contributed by atoms with Gasteiger partial charge in [-0.1, -0.05) is 0 Å². The molecule has 7 heteroatoms. The number of Topliss-reactive ketones (excluding diaryl/α,β-unsaturated/α-hetero) is 1. The molecular formula is C15H21N3O4. The number of ether oxygens (including phenoxy) is 1. The molecule has 2 rings (SSSR count). The molecule has 7 nitrogen and oxygen atoms in total. The first-order chi connectivity index (χ1) is 10.2. The number of nitriles is 1. The Bertz CT molecular complexity index is 532. The summed E-state index contributed by atoms with van der Waals surface area (Å²) < 4.78 is 5.27. The van der Waals surface area contributed by atoms with Crippen molar-refractivity contribution in [2.45, 2.75) is 57.7 Å². The van der Waals surface area contributed by atoms with E-state index in [0.29, 0.717) is 13.0 Å². The van der Waals surface area contributed by atoms with Crippen molar-refractivity contribution in [1.82, 2.24) is 9.80 Å². The van der Waals surface area contributed by atoms with E-state index in [1.54, 1.807) is 20.8 Å². The Kier molecular flexibility index (Phi) is 4.40. The molecule has 22 heavy (non-hydrogen) atoms. The molecule has 0 N–H and O–H groups in total. The fourth-order valence-electron chi connectivity index (χ4n) is 2.78. The lowest BCUT2D eigenvalue weighted by Crippen LogP contribution is -2.50. The molecule has 2 aliphatic heterocycles. The Morgan fingerprint density at radius 1 is 1.32 bits per heavy atom. The van der Waals surface area contributed by atoms with Crippen LogP contribution in [0.2, 0.25) is 0 Å². The maximum atomic E-state index is 12.6. The first-order valence-electron chi connectivity index (χ1n) is 7.44. The summed E-state index contributed by atoms with van der Waals surface area (Å²) in [5.41, 5.74) is -0.695. The highest BCUT2D eigenvalue weighted by atomic mass is 16.6. The first-order valence-corrected chi connectivity index (χ1v) is 7.44. The molecule has 0 aliphatic carbocycles. The third-order valence-electron chi connectivity index (χ3n) is 3.74. The van der Waals surface area contributed by atoms with E-state index in [-0.39, 0.29) is 24.7 Å². The smallest absolute Gasteiger partial charge is 0.411 e. The number of likely N-dealkylation sites (tertiary alicyclic amines) is 2. The second-order valence-corrected chi connectivity index (χ2v) is 6.69. The van der Waals surface area contributed by atoms with Crippen LogP contribution in [0.3, 0.4) is 0 Å². The molecule has 2 amide bonds. The minimum absolute atomic E-state index is 0.00722. The normalized spacial score (nSPS) is 25.3. The maximum Gasteiger partial charge on any atom is 0.411 e. The number of hydrogen-bond donors (Lipinski definition) is 0. The minimum atomic E-state index is -0.851. The molecule has 0 saturated carbocycles. The molecule has 0 bridgehead atoms. The number of carbonyl (C=O) groups excluding carboxylic acids is 3. The van der Waals surface area contributed by atoms with E-state index in [1.807, 2.05) is 0 Å². The number of hydrogen-bond acceptors (Lipinski definition) is 5. The van der Waals surface area contributed by atoms with Gasteiger partial charge in [0.2, 0.25) is 5.91 Å². The first kappa shape index (κ1) is 16.3. The molecule has 0 aromatic carbocycles. The van der Waals surface area contributed by atoms with Gasteiger partial charge in [0.25, 0.3) is 0 Å². The highest BCUT2D eigenvalue weighted by molar-refractivity contribution is 5.97. The summed E-state index contributed by atoms with van der Waals surface area (Å²) in [5, 5.41) is 9.09. The molecule has 0 spiro atoms. The molecule has 1 unspecified atom stereocenters. The van der Waals surface area contributed by atoms with Crippen molar-refractivity contribution in [2.24, 2.45) is 0 Å². The van der Waals surface area contributed by atoms with Crippen molar-refractivity contribution in [3.05, 3.63) is 0 Å². The van der Waals surface area contributed by atoms with Crippen molar-refractivity contribution in [3.8, 4) is 6.07 Å². The molecule has 0 aromatic heterocycles. The van der Waals surface area contributed by atoms with Gasteiger partial charge in [-0.05, 0) is 33.6 Å².